The predicted octanol–water partition coefficient (Wildman–Crippen LogP) is 3.54. The molecule has 1 aliphatic heterocycles. The number of para-hydroxylation sites is 1. The average molecular weight is 326 g/mol. The van der Waals surface area contributed by atoms with Gasteiger partial charge in [0.05, 0.1) is 5.25 Å². The van der Waals surface area contributed by atoms with Gasteiger partial charge in [-0.1, -0.05) is 18.2 Å². The second-order valence-corrected chi connectivity index (χ2v) is 6.70. The molecule has 0 aromatic heterocycles. The first-order valence-electron chi connectivity index (χ1n) is 7.54. The molecule has 0 spiro atoms. The largest absolute Gasteiger partial charge is 0.326 e. The Labute approximate surface area is 139 Å². The summed E-state index contributed by atoms with van der Waals surface area (Å²) in [5.74, 6) is 0.0713. The number of thioether (sulfide) groups is 1. The smallest absolute Gasteiger partial charge is 0.240 e. The molecule has 3 rings (SSSR count). The fourth-order valence-corrected chi connectivity index (χ4v) is 3.68. The lowest BCUT2D eigenvalue weighted by molar-refractivity contribution is -0.116. The zero-order valence-electron chi connectivity index (χ0n) is 12.9. The number of hydrogen-bond acceptors (Lipinski definition) is 3. The van der Waals surface area contributed by atoms with Gasteiger partial charge < -0.3 is 10.2 Å². The van der Waals surface area contributed by atoms with Gasteiger partial charge in [-0.15, -0.1) is 11.8 Å². The lowest BCUT2D eigenvalue weighted by Gasteiger charge is -2.16. The van der Waals surface area contributed by atoms with E-state index in [1.54, 1.807) is 11.8 Å². The van der Waals surface area contributed by atoms with Gasteiger partial charge in [-0.25, -0.2) is 0 Å². The molecule has 1 heterocycles. The molecule has 1 N–H and O–H groups in total. The number of anilines is 2. The zero-order valence-corrected chi connectivity index (χ0v) is 13.7. The first kappa shape index (κ1) is 15.6. The molecular weight excluding hydrogens is 308 g/mol. The highest BCUT2D eigenvalue weighted by molar-refractivity contribution is 8.00. The molecule has 1 fully saturated rings. The van der Waals surface area contributed by atoms with E-state index in [2.05, 4.69) is 5.32 Å². The summed E-state index contributed by atoms with van der Waals surface area (Å²) in [7, 11) is 0. The van der Waals surface area contributed by atoms with Crippen molar-refractivity contribution in [1.29, 1.82) is 0 Å². The fourth-order valence-electron chi connectivity index (χ4n) is 2.61. The Morgan fingerprint density at radius 2 is 1.83 bits per heavy atom. The van der Waals surface area contributed by atoms with Crippen LogP contribution in [0.3, 0.4) is 0 Å². The van der Waals surface area contributed by atoms with Crippen LogP contribution in [0.25, 0.3) is 0 Å². The van der Waals surface area contributed by atoms with Crippen LogP contribution in [0.15, 0.2) is 59.5 Å². The minimum atomic E-state index is -0.0881. The van der Waals surface area contributed by atoms with E-state index in [9.17, 15) is 9.59 Å². The fraction of sp³-hybridized carbons (Fsp3) is 0.222. The molecule has 0 radical (unpaired) electrons. The van der Waals surface area contributed by atoms with Crippen LogP contribution in [-0.4, -0.2) is 23.6 Å². The number of rotatable bonds is 4. The minimum Gasteiger partial charge on any atom is -0.326 e. The van der Waals surface area contributed by atoms with Crippen molar-refractivity contribution in [2.75, 3.05) is 16.8 Å². The standard InChI is InChI=1S/C18H18N2O2S/c1-13(21)19-14-7-9-16(10-8-14)23-17-11-12-20(18(17)22)15-5-3-2-4-6-15/h2-10,17H,11-12H2,1H3,(H,19,21)/t17-/m0/s1. The molecule has 4 nitrogen and oxygen atoms in total. The van der Waals surface area contributed by atoms with Crippen molar-refractivity contribution in [2.45, 2.75) is 23.5 Å². The Bertz CT molecular complexity index is 701. The topological polar surface area (TPSA) is 49.4 Å². The molecule has 23 heavy (non-hydrogen) atoms. The Kier molecular flexibility index (Phi) is 4.67. The van der Waals surface area contributed by atoms with Crippen molar-refractivity contribution in [1.82, 2.24) is 0 Å². The Morgan fingerprint density at radius 3 is 2.48 bits per heavy atom. The first-order chi connectivity index (χ1) is 11.1. The van der Waals surface area contributed by atoms with Gasteiger partial charge in [-0.3, -0.25) is 9.59 Å². The van der Waals surface area contributed by atoms with Gasteiger partial charge in [0.2, 0.25) is 11.8 Å². The van der Waals surface area contributed by atoms with Crippen molar-refractivity contribution in [3.8, 4) is 0 Å². The highest BCUT2D eigenvalue weighted by Crippen LogP contribution is 2.33. The third kappa shape index (κ3) is 3.74. The summed E-state index contributed by atoms with van der Waals surface area (Å²) in [5.41, 5.74) is 1.73. The van der Waals surface area contributed by atoms with Crippen LogP contribution in [0.4, 0.5) is 11.4 Å². The van der Waals surface area contributed by atoms with E-state index in [1.165, 1.54) is 6.92 Å². The van der Waals surface area contributed by atoms with E-state index >= 15 is 0 Å². The highest BCUT2D eigenvalue weighted by atomic mass is 32.2. The van der Waals surface area contributed by atoms with Crippen molar-refractivity contribution < 1.29 is 9.59 Å². The number of carbonyl (C=O) groups is 2. The summed E-state index contributed by atoms with van der Waals surface area (Å²) in [6.07, 6.45) is 0.839. The van der Waals surface area contributed by atoms with Crippen molar-refractivity contribution in [3.63, 3.8) is 0 Å². The van der Waals surface area contributed by atoms with Crippen LogP contribution < -0.4 is 10.2 Å². The molecule has 0 aliphatic carbocycles. The number of nitrogens with one attached hydrogen (secondary N) is 1. The van der Waals surface area contributed by atoms with Crippen LogP contribution in [0.1, 0.15) is 13.3 Å². The molecule has 2 aromatic rings. The van der Waals surface area contributed by atoms with Crippen LogP contribution in [0.5, 0.6) is 0 Å². The van der Waals surface area contributed by atoms with Gasteiger partial charge in [-0.05, 0) is 42.8 Å². The molecule has 1 aliphatic rings. The first-order valence-corrected chi connectivity index (χ1v) is 8.42. The number of nitrogens with zero attached hydrogens (tertiary/aromatic N) is 1. The Balaban J connectivity index is 1.65. The molecule has 1 saturated heterocycles. The van der Waals surface area contributed by atoms with Gasteiger partial charge >= 0.3 is 0 Å². The SMILES string of the molecule is CC(=O)Nc1ccc(S[C@H]2CCN(c3ccccc3)C2=O)cc1. The summed E-state index contributed by atoms with van der Waals surface area (Å²) in [4.78, 5) is 26.5. The molecule has 5 heteroatoms. The number of hydrogen-bond donors (Lipinski definition) is 1. The Hall–Kier alpha value is -2.27. The highest BCUT2D eigenvalue weighted by Gasteiger charge is 2.33. The van der Waals surface area contributed by atoms with Gasteiger partial charge in [-0.2, -0.15) is 0 Å². The predicted molar refractivity (Wildman–Crippen MR) is 93.8 cm³/mol. The van der Waals surface area contributed by atoms with Gasteiger partial charge in [0, 0.05) is 29.7 Å². The summed E-state index contributed by atoms with van der Waals surface area (Å²) in [6.45, 7) is 2.24. The van der Waals surface area contributed by atoms with E-state index in [0.29, 0.717) is 0 Å². The maximum absolute atomic E-state index is 12.6. The minimum absolute atomic E-state index is 0.0539. The second kappa shape index (κ2) is 6.87. The third-order valence-electron chi connectivity index (χ3n) is 3.68. The normalized spacial score (nSPS) is 17.3. The molecular formula is C18H18N2O2S. The average Bonchev–Trinajstić information content (AvgIpc) is 2.91. The maximum Gasteiger partial charge on any atom is 0.240 e. The van der Waals surface area contributed by atoms with E-state index in [0.717, 1.165) is 29.2 Å². The van der Waals surface area contributed by atoms with Crippen molar-refractivity contribution in [3.05, 3.63) is 54.6 Å². The molecule has 2 amide bonds. The van der Waals surface area contributed by atoms with Crippen LogP contribution in [0, 0.1) is 0 Å². The second-order valence-electron chi connectivity index (χ2n) is 5.43. The lowest BCUT2D eigenvalue weighted by Crippen LogP contribution is -2.27. The summed E-state index contributed by atoms with van der Waals surface area (Å²) in [5, 5.41) is 2.69. The Morgan fingerprint density at radius 1 is 1.13 bits per heavy atom. The number of carbonyl (C=O) groups excluding carboxylic acids is 2. The quantitative estimate of drug-likeness (QED) is 0.935. The van der Waals surface area contributed by atoms with E-state index in [4.69, 9.17) is 0 Å². The zero-order chi connectivity index (χ0) is 16.2. The molecule has 118 valence electrons. The maximum atomic E-state index is 12.6. The molecule has 2 aromatic carbocycles. The lowest BCUT2D eigenvalue weighted by atomic mass is 10.3. The van der Waals surface area contributed by atoms with Gasteiger partial charge in [0.25, 0.3) is 0 Å². The number of benzene rings is 2. The molecule has 0 unspecified atom stereocenters. The third-order valence-corrected chi connectivity index (χ3v) is 4.94. The van der Waals surface area contributed by atoms with Crippen LogP contribution in [-0.2, 0) is 9.59 Å². The van der Waals surface area contributed by atoms with Crippen LogP contribution in [0.2, 0.25) is 0 Å². The number of amides is 2. The van der Waals surface area contributed by atoms with E-state index < -0.39 is 0 Å². The molecule has 0 bridgehead atoms. The van der Waals surface area contributed by atoms with Crippen molar-refractivity contribution in [2.24, 2.45) is 0 Å². The summed E-state index contributed by atoms with van der Waals surface area (Å²) in [6, 6.07) is 17.4. The molecule has 1 atom stereocenters. The van der Waals surface area contributed by atoms with E-state index in [1.807, 2.05) is 59.5 Å². The monoisotopic (exact) mass is 326 g/mol. The van der Waals surface area contributed by atoms with E-state index in [-0.39, 0.29) is 17.1 Å². The summed E-state index contributed by atoms with van der Waals surface area (Å²) < 4.78 is 0. The van der Waals surface area contributed by atoms with Crippen LogP contribution >= 0.6 is 11.8 Å². The van der Waals surface area contributed by atoms with Gasteiger partial charge in [0.15, 0.2) is 0 Å². The van der Waals surface area contributed by atoms with Gasteiger partial charge in [0.1, 0.15) is 0 Å². The summed E-state index contributed by atoms with van der Waals surface area (Å²) >= 11 is 1.58. The molecule has 0 saturated carbocycles. The van der Waals surface area contributed by atoms with Crippen molar-refractivity contribution >= 4 is 35.0 Å².